The molecule has 1 atom stereocenters. The van der Waals surface area contributed by atoms with E-state index in [1.807, 2.05) is 36.9 Å². The molecule has 2 aromatic rings. The zero-order chi connectivity index (χ0) is 17.1. The summed E-state index contributed by atoms with van der Waals surface area (Å²) in [6.07, 6.45) is 3.42. The number of hydrogen-bond donors (Lipinski definition) is 1. The number of aromatic amines is 1. The van der Waals surface area contributed by atoms with Crippen molar-refractivity contribution >= 4 is 5.91 Å². The quantitative estimate of drug-likeness (QED) is 0.937. The number of rotatable bonds is 4. The Morgan fingerprint density at radius 1 is 1.38 bits per heavy atom. The zero-order valence-corrected chi connectivity index (χ0v) is 14.5. The highest BCUT2D eigenvalue weighted by Crippen LogP contribution is 2.29. The normalized spacial score (nSPS) is 17.8. The number of carbonyl (C=O) groups excluding carboxylic acids is 1. The molecule has 0 radical (unpaired) electrons. The fourth-order valence-electron chi connectivity index (χ4n) is 3.26. The molecule has 1 amide bonds. The summed E-state index contributed by atoms with van der Waals surface area (Å²) in [6.45, 7) is 4.64. The maximum atomic E-state index is 12.9. The largest absolute Gasteiger partial charge is 0.496 e. The summed E-state index contributed by atoms with van der Waals surface area (Å²) in [4.78, 5) is 19.2. The Balaban J connectivity index is 1.77. The molecule has 0 spiro atoms. The minimum Gasteiger partial charge on any atom is -0.496 e. The first kappa shape index (κ1) is 16.5. The Bertz CT molecular complexity index is 726. The van der Waals surface area contributed by atoms with E-state index in [-0.39, 0.29) is 11.9 Å². The van der Waals surface area contributed by atoms with Crippen LogP contribution in [0.3, 0.4) is 0 Å². The van der Waals surface area contributed by atoms with Gasteiger partial charge in [-0.25, -0.2) is 4.98 Å². The summed E-state index contributed by atoms with van der Waals surface area (Å²) in [6, 6.07) is 5.91. The number of likely N-dealkylation sites (tertiary alicyclic amines) is 1. The van der Waals surface area contributed by atoms with Crippen LogP contribution in [0.1, 0.15) is 48.1 Å². The van der Waals surface area contributed by atoms with E-state index in [0.717, 1.165) is 54.3 Å². The number of nitrogens with one attached hydrogen (secondary N) is 1. The number of nitrogens with zero attached hydrogens (tertiary/aromatic N) is 3. The van der Waals surface area contributed by atoms with Gasteiger partial charge in [-0.3, -0.25) is 9.89 Å². The molecule has 1 N–H and O–H groups in total. The lowest BCUT2D eigenvalue weighted by Crippen LogP contribution is -2.39. The third-order valence-electron chi connectivity index (χ3n) is 4.56. The highest BCUT2D eigenvalue weighted by Gasteiger charge is 2.30. The molecule has 128 valence electrons. The fraction of sp³-hybridized carbons (Fsp3) is 0.500. The molecule has 24 heavy (non-hydrogen) atoms. The van der Waals surface area contributed by atoms with E-state index < -0.39 is 0 Å². The molecule has 1 aromatic carbocycles. The maximum Gasteiger partial charge on any atom is 0.227 e. The molecule has 0 unspecified atom stereocenters. The Kier molecular flexibility index (Phi) is 4.83. The minimum absolute atomic E-state index is 0.0245. The van der Waals surface area contributed by atoms with Gasteiger partial charge in [-0.05, 0) is 50.3 Å². The van der Waals surface area contributed by atoms with Crippen molar-refractivity contribution in [2.75, 3.05) is 13.7 Å². The SMILES string of the molecule is COc1cc(CC(=O)N2CCCC[C@@H]2c2n[nH]c(C)n2)ccc1C. The second-order valence-corrected chi connectivity index (χ2v) is 6.36. The highest BCUT2D eigenvalue weighted by molar-refractivity contribution is 5.79. The van der Waals surface area contributed by atoms with Gasteiger partial charge in [-0.1, -0.05) is 12.1 Å². The van der Waals surface area contributed by atoms with Crippen molar-refractivity contribution < 1.29 is 9.53 Å². The van der Waals surface area contributed by atoms with Gasteiger partial charge in [-0.15, -0.1) is 0 Å². The number of methoxy groups -OCH3 is 1. The molecule has 2 heterocycles. The van der Waals surface area contributed by atoms with Gasteiger partial charge in [0, 0.05) is 6.54 Å². The first-order chi connectivity index (χ1) is 11.6. The van der Waals surface area contributed by atoms with E-state index >= 15 is 0 Å². The molecule has 0 bridgehead atoms. The van der Waals surface area contributed by atoms with Crippen molar-refractivity contribution in [2.45, 2.75) is 45.6 Å². The third kappa shape index (κ3) is 3.42. The molecule has 1 aliphatic rings. The summed E-state index contributed by atoms with van der Waals surface area (Å²) in [7, 11) is 1.65. The smallest absolute Gasteiger partial charge is 0.227 e. The van der Waals surface area contributed by atoms with Crippen LogP contribution >= 0.6 is 0 Å². The van der Waals surface area contributed by atoms with Crippen molar-refractivity contribution in [3.05, 3.63) is 41.0 Å². The summed E-state index contributed by atoms with van der Waals surface area (Å²) >= 11 is 0. The molecule has 0 aliphatic carbocycles. The van der Waals surface area contributed by atoms with Crippen molar-refractivity contribution in [3.63, 3.8) is 0 Å². The lowest BCUT2D eigenvalue weighted by Gasteiger charge is -2.34. The molecule has 1 fully saturated rings. The van der Waals surface area contributed by atoms with Crippen LogP contribution in [0.2, 0.25) is 0 Å². The van der Waals surface area contributed by atoms with E-state index in [1.54, 1.807) is 7.11 Å². The molecular formula is C18H24N4O2. The van der Waals surface area contributed by atoms with E-state index in [4.69, 9.17) is 4.74 Å². The molecular weight excluding hydrogens is 304 g/mol. The Labute approximate surface area is 142 Å². The van der Waals surface area contributed by atoms with Crippen LogP contribution in [0.25, 0.3) is 0 Å². The molecule has 1 aromatic heterocycles. The maximum absolute atomic E-state index is 12.9. The van der Waals surface area contributed by atoms with Crippen molar-refractivity contribution in [1.29, 1.82) is 0 Å². The molecule has 6 heteroatoms. The number of benzene rings is 1. The van der Waals surface area contributed by atoms with E-state index in [1.165, 1.54) is 0 Å². The van der Waals surface area contributed by atoms with Gasteiger partial charge in [0.15, 0.2) is 5.82 Å². The Morgan fingerprint density at radius 2 is 2.21 bits per heavy atom. The van der Waals surface area contributed by atoms with E-state index in [2.05, 4.69) is 15.2 Å². The average Bonchev–Trinajstić information content (AvgIpc) is 3.03. The Hall–Kier alpha value is -2.37. The first-order valence-electron chi connectivity index (χ1n) is 8.40. The van der Waals surface area contributed by atoms with Crippen LogP contribution < -0.4 is 4.74 Å². The molecule has 1 saturated heterocycles. The number of H-pyrrole nitrogens is 1. The van der Waals surface area contributed by atoms with Gasteiger partial charge in [0.2, 0.25) is 5.91 Å². The number of aromatic nitrogens is 3. The molecule has 1 aliphatic heterocycles. The van der Waals surface area contributed by atoms with Crippen molar-refractivity contribution in [2.24, 2.45) is 0 Å². The number of amides is 1. The van der Waals surface area contributed by atoms with Crippen LogP contribution in [0, 0.1) is 13.8 Å². The minimum atomic E-state index is -0.0245. The number of carbonyl (C=O) groups is 1. The number of ether oxygens (including phenoxy) is 1. The van der Waals surface area contributed by atoms with Gasteiger partial charge in [-0.2, -0.15) is 5.10 Å². The van der Waals surface area contributed by atoms with Gasteiger partial charge in [0.25, 0.3) is 0 Å². The first-order valence-corrected chi connectivity index (χ1v) is 8.40. The van der Waals surface area contributed by atoms with Gasteiger partial charge >= 0.3 is 0 Å². The van der Waals surface area contributed by atoms with Crippen molar-refractivity contribution in [3.8, 4) is 5.75 Å². The van der Waals surface area contributed by atoms with Crippen LogP contribution in [0.5, 0.6) is 5.75 Å². The second-order valence-electron chi connectivity index (χ2n) is 6.36. The van der Waals surface area contributed by atoms with Gasteiger partial charge in [0.1, 0.15) is 11.6 Å². The fourth-order valence-corrected chi connectivity index (χ4v) is 3.26. The topological polar surface area (TPSA) is 71.1 Å². The van der Waals surface area contributed by atoms with E-state index in [0.29, 0.717) is 6.42 Å². The number of piperidine rings is 1. The lowest BCUT2D eigenvalue weighted by atomic mass is 10.00. The lowest BCUT2D eigenvalue weighted by molar-refractivity contribution is -0.134. The molecule has 6 nitrogen and oxygen atoms in total. The van der Waals surface area contributed by atoms with Gasteiger partial charge < -0.3 is 9.64 Å². The standard InChI is InChI=1S/C18H24N4O2/c1-12-7-8-14(10-16(12)24-3)11-17(23)22-9-5-4-6-15(22)18-19-13(2)20-21-18/h7-8,10,15H,4-6,9,11H2,1-3H3,(H,19,20,21)/t15-/m1/s1. The van der Waals surface area contributed by atoms with Gasteiger partial charge in [0.05, 0.1) is 19.6 Å². The molecule has 0 saturated carbocycles. The predicted molar refractivity (Wildman–Crippen MR) is 90.9 cm³/mol. The zero-order valence-electron chi connectivity index (χ0n) is 14.5. The Morgan fingerprint density at radius 3 is 2.92 bits per heavy atom. The number of aryl methyl sites for hydroxylation is 2. The van der Waals surface area contributed by atoms with Crippen molar-refractivity contribution in [1.82, 2.24) is 20.1 Å². The summed E-state index contributed by atoms with van der Waals surface area (Å²) in [5.41, 5.74) is 2.04. The van der Waals surface area contributed by atoms with E-state index in [9.17, 15) is 4.79 Å². The summed E-state index contributed by atoms with van der Waals surface area (Å²) in [5, 5.41) is 7.15. The number of hydrogen-bond acceptors (Lipinski definition) is 4. The summed E-state index contributed by atoms with van der Waals surface area (Å²) in [5.74, 6) is 2.45. The van der Waals surface area contributed by atoms with Crippen LogP contribution in [-0.4, -0.2) is 39.6 Å². The second kappa shape index (κ2) is 7.03. The monoisotopic (exact) mass is 328 g/mol. The highest BCUT2D eigenvalue weighted by atomic mass is 16.5. The summed E-state index contributed by atoms with van der Waals surface area (Å²) < 4.78 is 5.36. The van der Waals surface area contributed by atoms with Crippen LogP contribution in [0.4, 0.5) is 0 Å². The molecule has 3 rings (SSSR count). The average molecular weight is 328 g/mol. The third-order valence-corrected chi connectivity index (χ3v) is 4.56. The predicted octanol–water partition coefficient (Wildman–Crippen LogP) is 2.73. The van der Waals surface area contributed by atoms with Crippen LogP contribution in [-0.2, 0) is 11.2 Å². The van der Waals surface area contributed by atoms with Crippen LogP contribution in [0.15, 0.2) is 18.2 Å².